The maximum absolute atomic E-state index is 13.4. The molecule has 1 aliphatic rings. The molecule has 88 valence electrons. The van der Waals surface area contributed by atoms with Crippen LogP contribution in [0, 0.1) is 12.7 Å². The molecule has 2 rings (SSSR count). The van der Waals surface area contributed by atoms with Gasteiger partial charge in [0.05, 0.1) is 7.11 Å². The van der Waals surface area contributed by atoms with E-state index in [1.807, 2.05) is 6.07 Å². The molecule has 0 bridgehead atoms. The van der Waals surface area contributed by atoms with Gasteiger partial charge in [-0.25, -0.2) is 4.39 Å². The Bertz CT molecular complexity index is 372. The van der Waals surface area contributed by atoms with Crippen LogP contribution in [0.25, 0.3) is 0 Å². The average molecular weight is 223 g/mol. The molecule has 1 saturated heterocycles. The van der Waals surface area contributed by atoms with Crippen molar-refractivity contribution >= 4 is 0 Å². The van der Waals surface area contributed by atoms with E-state index in [1.165, 1.54) is 18.9 Å². The highest BCUT2D eigenvalue weighted by Crippen LogP contribution is 2.32. The van der Waals surface area contributed by atoms with E-state index in [0.29, 0.717) is 17.4 Å². The predicted molar refractivity (Wildman–Crippen MR) is 62.3 cm³/mol. The fourth-order valence-electron chi connectivity index (χ4n) is 2.25. The predicted octanol–water partition coefficient (Wildman–Crippen LogP) is 2.96. The molecule has 0 saturated carbocycles. The second-order valence-corrected chi connectivity index (χ2v) is 4.35. The summed E-state index contributed by atoms with van der Waals surface area (Å²) in [6.45, 7) is 2.82. The van der Waals surface area contributed by atoms with Crippen LogP contribution >= 0.6 is 0 Å². The van der Waals surface area contributed by atoms with Crippen molar-refractivity contribution in [1.82, 2.24) is 5.32 Å². The number of hydrogen-bond donors (Lipinski definition) is 1. The van der Waals surface area contributed by atoms with Gasteiger partial charge in [-0.15, -0.1) is 0 Å². The van der Waals surface area contributed by atoms with Crippen LogP contribution in [0.1, 0.15) is 36.4 Å². The number of halogens is 1. The molecule has 1 fully saturated rings. The van der Waals surface area contributed by atoms with Crippen LogP contribution in [0.3, 0.4) is 0 Å². The normalized spacial score (nSPS) is 20.8. The maximum Gasteiger partial charge on any atom is 0.129 e. The smallest absolute Gasteiger partial charge is 0.129 e. The summed E-state index contributed by atoms with van der Waals surface area (Å²) in [5, 5.41) is 3.45. The van der Waals surface area contributed by atoms with Crippen molar-refractivity contribution in [3.05, 3.63) is 29.1 Å². The molecule has 1 aromatic rings. The van der Waals surface area contributed by atoms with Crippen molar-refractivity contribution < 1.29 is 9.13 Å². The number of nitrogens with one attached hydrogen (secondary N) is 1. The first kappa shape index (κ1) is 11.4. The summed E-state index contributed by atoms with van der Waals surface area (Å²) in [6.07, 6.45) is 3.54. The van der Waals surface area contributed by atoms with Crippen molar-refractivity contribution in [3.8, 4) is 5.75 Å². The van der Waals surface area contributed by atoms with E-state index in [1.54, 1.807) is 14.0 Å². The zero-order valence-corrected chi connectivity index (χ0v) is 9.85. The quantitative estimate of drug-likeness (QED) is 0.832. The molecule has 0 radical (unpaired) electrons. The first-order chi connectivity index (χ1) is 7.72. The van der Waals surface area contributed by atoms with Crippen LogP contribution in [-0.4, -0.2) is 13.7 Å². The third-order valence-electron chi connectivity index (χ3n) is 3.20. The van der Waals surface area contributed by atoms with Gasteiger partial charge >= 0.3 is 0 Å². The number of piperidine rings is 1. The standard InChI is InChI=1S/C13H18FNO/c1-9-7-10(12-5-3-4-6-15-12)13(16-2)8-11(9)14/h7-8,12,15H,3-6H2,1-2H3. The minimum atomic E-state index is -0.198. The number of rotatable bonds is 2. The highest BCUT2D eigenvalue weighted by Gasteiger charge is 2.19. The van der Waals surface area contributed by atoms with Crippen LogP contribution in [0.5, 0.6) is 5.75 Å². The Morgan fingerprint density at radius 2 is 2.19 bits per heavy atom. The number of hydrogen-bond acceptors (Lipinski definition) is 2. The highest BCUT2D eigenvalue weighted by atomic mass is 19.1. The van der Waals surface area contributed by atoms with Gasteiger partial charge < -0.3 is 10.1 Å². The van der Waals surface area contributed by atoms with Gasteiger partial charge in [0, 0.05) is 17.7 Å². The summed E-state index contributed by atoms with van der Waals surface area (Å²) in [5.41, 5.74) is 1.77. The maximum atomic E-state index is 13.4. The van der Waals surface area contributed by atoms with Gasteiger partial charge in [0.25, 0.3) is 0 Å². The Morgan fingerprint density at radius 3 is 2.81 bits per heavy atom. The Labute approximate surface area is 95.8 Å². The first-order valence-electron chi connectivity index (χ1n) is 5.80. The molecular weight excluding hydrogens is 205 g/mol. The zero-order chi connectivity index (χ0) is 11.5. The number of aryl methyl sites for hydroxylation is 1. The molecule has 1 atom stereocenters. The lowest BCUT2D eigenvalue weighted by atomic mass is 9.95. The topological polar surface area (TPSA) is 21.3 Å². The van der Waals surface area contributed by atoms with Crippen molar-refractivity contribution in [2.75, 3.05) is 13.7 Å². The van der Waals surface area contributed by atoms with Crippen molar-refractivity contribution in [2.45, 2.75) is 32.2 Å². The average Bonchev–Trinajstić information content (AvgIpc) is 2.33. The van der Waals surface area contributed by atoms with Crippen LogP contribution in [0.2, 0.25) is 0 Å². The molecule has 1 aliphatic heterocycles. The molecule has 0 aliphatic carbocycles. The van der Waals surface area contributed by atoms with Gasteiger partial charge in [-0.2, -0.15) is 0 Å². The van der Waals surface area contributed by atoms with Crippen molar-refractivity contribution in [3.63, 3.8) is 0 Å². The second-order valence-electron chi connectivity index (χ2n) is 4.35. The van der Waals surface area contributed by atoms with E-state index in [-0.39, 0.29) is 5.82 Å². The fourth-order valence-corrected chi connectivity index (χ4v) is 2.25. The van der Waals surface area contributed by atoms with E-state index in [4.69, 9.17) is 4.74 Å². The van der Waals surface area contributed by atoms with Crippen molar-refractivity contribution in [2.24, 2.45) is 0 Å². The molecule has 1 unspecified atom stereocenters. The molecular formula is C13H18FNO. The summed E-state index contributed by atoms with van der Waals surface area (Å²) < 4.78 is 18.7. The SMILES string of the molecule is COc1cc(F)c(C)cc1C1CCCCN1. The molecule has 16 heavy (non-hydrogen) atoms. The molecule has 2 nitrogen and oxygen atoms in total. The minimum Gasteiger partial charge on any atom is -0.496 e. The summed E-state index contributed by atoms with van der Waals surface area (Å²) in [5.74, 6) is 0.457. The molecule has 0 spiro atoms. The molecule has 1 heterocycles. The molecule has 3 heteroatoms. The number of methoxy groups -OCH3 is 1. The third-order valence-corrected chi connectivity index (χ3v) is 3.20. The van der Waals surface area contributed by atoms with Crippen LogP contribution in [0.15, 0.2) is 12.1 Å². The summed E-state index contributed by atoms with van der Waals surface area (Å²) >= 11 is 0. The van der Waals surface area contributed by atoms with Crippen molar-refractivity contribution in [1.29, 1.82) is 0 Å². The van der Waals surface area contributed by atoms with Crippen LogP contribution in [0.4, 0.5) is 4.39 Å². The first-order valence-corrected chi connectivity index (χ1v) is 5.80. The van der Waals surface area contributed by atoms with E-state index in [0.717, 1.165) is 18.5 Å². The lowest BCUT2D eigenvalue weighted by Gasteiger charge is -2.25. The monoisotopic (exact) mass is 223 g/mol. The van der Waals surface area contributed by atoms with Crippen LogP contribution in [-0.2, 0) is 0 Å². The second kappa shape index (κ2) is 4.83. The lowest BCUT2D eigenvalue weighted by Crippen LogP contribution is -2.27. The highest BCUT2D eigenvalue weighted by molar-refractivity contribution is 5.40. The third kappa shape index (κ3) is 2.19. The molecule has 1 N–H and O–H groups in total. The molecule has 0 aromatic heterocycles. The zero-order valence-electron chi connectivity index (χ0n) is 9.85. The fraction of sp³-hybridized carbons (Fsp3) is 0.538. The van der Waals surface area contributed by atoms with Crippen LogP contribution < -0.4 is 10.1 Å². The lowest BCUT2D eigenvalue weighted by molar-refractivity contribution is 0.371. The van der Waals surface area contributed by atoms with Gasteiger partial charge in [0.1, 0.15) is 11.6 Å². The Hall–Kier alpha value is -1.09. The van der Waals surface area contributed by atoms with Gasteiger partial charge in [-0.3, -0.25) is 0 Å². The van der Waals surface area contributed by atoms with E-state index < -0.39 is 0 Å². The van der Waals surface area contributed by atoms with Gasteiger partial charge in [0.2, 0.25) is 0 Å². The minimum absolute atomic E-state index is 0.198. The van der Waals surface area contributed by atoms with Gasteiger partial charge in [0.15, 0.2) is 0 Å². The van der Waals surface area contributed by atoms with E-state index in [2.05, 4.69) is 5.32 Å². The Kier molecular flexibility index (Phi) is 3.44. The van der Waals surface area contributed by atoms with E-state index in [9.17, 15) is 4.39 Å². The summed E-state index contributed by atoms with van der Waals surface area (Å²) in [6, 6.07) is 3.70. The summed E-state index contributed by atoms with van der Waals surface area (Å²) in [4.78, 5) is 0. The Balaban J connectivity index is 2.33. The van der Waals surface area contributed by atoms with E-state index >= 15 is 0 Å². The summed E-state index contributed by atoms with van der Waals surface area (Å²) in [7, 11) is 1.59. The molecule has 0 amide bonds. The Morgan fingerprint density at radius 1 is 1.38 bits per heavy atom. The largest absolute Gasteiger partial charge is 0.496 e. The van der Waals surface area contributed by atoms with Gasteiger partial charge in [-0.05, 0) is 37.9 Å². The number of benzene rings is 1. The molecule has 1 aromatic carbocycles. The van der Waals surface area contributed by atoms with Gasteiger partial charge in [-0.1, -0.05) is 6.42 Å². The number of ether oxygens (including phenoxy) is 1.